The first kappa shape index (κ1) is 19.9. The monoisotopic (exact) mass is 420 g/mol. The Morgan fingerprint density at radius 2 is 1.25 bits per heavy atom. The van der Waals surface area contributed by atoms with Gasteiger partial charge in [-0.3, -0.25) is 19.2 Å². The van der Waals surface area contributed by atoms with Gasteiger partial charge in [-0.1, -0.05) is 35.7 Å². The normalized spacial score (nSPS) is 21.3. The van der Waals surface area contributed by atoms with Crippen molar-refractivity contribution in [1.29, 1.82) is 0 Å². The Morgan fingerprint density at radius 3 is 1.57 bits per heavy atom. The first-order valence-electron chi connectivity index (χ1n) is 8.10. The molecule has 2 atom stereocenters. The summed E-state index contributed by atoms with van der Waals surface area (Å²) in [6.45, 7) is 0. The van der Waals surface area contributed by atoms with Crippen molar-refractivity contribution >= 4 is 68.9 Å². The number of benzene rings is 1. The number of rotatable bonds is 6. The van der Waals surface area contributed by atoms with Gasteiger partial charge < -0.3 is 22.1 Å². The van der Waals surface area contributed by atoms with Crippen molar-refractivity contribution in [2.75, 3.05) is 10.6 Å². The average Bonchev–Trinajstić information content (AvgIpc) is 3.09. The molecule has 1 aromatic rings. The molecule has 6 N–H and O–H groups in total. The van der Waals surface area contributed by atoms with E-state index in [1.807, 2.05) is 0 Å². The van der Waals surface area contributed by atoms with Crippen LogP contribution in [-0.4, -0.2) is 44.5 Å². The number of thioether (sulfide) groups is 2. The van der Waals surface area contributed by atoms with E-state index in [0.717, 1.165) is 23.5 Å². The summed E-state index contributed by atoms with van der Waals surface area (Å²) in [7, 11) is 0. The van der Waals surface area contributed by atoms with Crippen LogP contribution in [0.2, 0.25) is 0 Å². The number of hydrogen-bond acceptors (Lipinski definition) is 8. The highest BCUT2D eigenvalue weighted by Crippen LogP contribution is 2.27. The minimum absolute atomic E-state index is 0.0974. The lowest BCUT2D eigenvalue weighted by molar-refractivity contribution is -0.121. The summed E-state index contributed by atoms with van der Waals surface area (Å²) >= 11 is 2.08. The molecule has 0 radical (unpaired) electrons. The highest BCUT2D eigenvalue weighted by molar-refractivity contribution is 8.15. The second-order valence-corrected chi connectivity index (χ2v) is 8.29. The van der Waals surface area contributed by atoms with Crippen LogP contribution in [0.3, 0.4) is 0 Å². The molecule has 2 aliphatic heterocycles. The second-order valence-electron chi connectivity index (χ2n) is 5.84. The van der Waals surface area contributed by atoms with Gasteiger partial charge in [0, 0.05) is 12.8 Å². The van der Waals surface area contributed by atoms with Crippen molar-refractivity contribution in [1.82, 2.24) is 0 Å². The van der Waals surface area contributed by atoms with Crippen LogP contribution in [0, 0.1) is 0 Å². The molecule has 146 valence electrons. The summed E-state index contributed by atoms with van der Waals surface area (Å²) < 4.78 is 0. The molecular weight excluding hydrogens is 404 g/mol. The van der Waals surface area contributed by atoms with E-state index in [1.54, 1.807) is 24.3 Å². The minimum Gasteiger partial charge on any atom is -0.378 e. The Bertz CT molecular complexity index is 843. The maximum atomic E-state index is 12.3. The summed E-state index contributed by atoms with van der Waals surface area (Å²) in [5, 5.41) is 4.29. The molecule has 0 unspecified atom stereocenters. The molecule has 1 aromatic carbocycles. The van der Waals surface area contributed by atoms with Gasteiger partial charge >= 0.3 is 0 Å². The predicted octanol–water partition coefficient (Wildman–Crippen LogP) is 0.257. The Morgan fingerprint density at radius 1 is 0.857 bits per heavy atom. The van der Waals surface area contributed by atoms with E-state index in [1.165, 1.54) is 0 Å². The van der Waals surface area contributed by atoms with Gasteiger partial charge in [0.2, 0.25) is 11.8 Å². The molecule has 10 nitrogen and oxygen atoms in total. The Kier molecular flexibility index (Phi) is 5.99. The molecular formula is C16H16N6O4S2. The number of aliphatic imine (C=N–C) groups is 2. The SMILES string of the molecule is NC1=NC(=O)[C@H](CC(=O)Nc2ccccc2NC(=O)C[C@@H]2SC(N)=NC2=O)S1. The number of hydrogen-bond donors (Lipinski definition) is 4. The molecule has 0 fully saturated rings. The molecule has 0 saturated heterocycles. The van der Waals surface area contributed by atoms with E-state index >= 15 is 0 Å². The van der Waals surface area contributed by atoms with Crippen molar-refractivity contribution < 1.29 is 19.2 Å². The zero-order valence-corrected chi connectivity index (χ0v) is 16.0. The summed E-state index contributed by atoms with van der Waals surface area (Å²) in [6.07, 6.45) is -0.195. The highest BCUT2D eigenvalue weighted by atomic mass is 32.2. The third-order valence-corrected chi connectivity index (χ3v) is 5.71. The van der Waals surface area contributed by atoms with Crippen LogP contribution in [0.4, 0.5) is 11.4 Å². The standard InChI is InChI=1S/C16H16N6O4S2/c17-15-21-13(25)9(27-15)5-11(23)19-7-3-1-2-4-8(7)20-12(24)6-10-14(26)22-16(18)28-10/h1-4,9-10H,5-6H2,(H,19,23)(H,20,24)(H2,17,21,25)(H2,18,22,26)/t9-,10-/m0/s1. The van der Waals surface area contributed by atoms with Gasteiger partial charge in [-0.05, 0) is 12.1 Å². The highest BCUT2D eigenvalue weighted by Gasteiger charge is 2.30. The Labute approximate surface area is 168 Å². The number of carbonyl (C=O) groups excluding carboxylic acids is 4. The van der Waals surface area contributed by atoms with E-state index in [-0.39, 0.29) is 23.2 Å². The fourth-order valence-electron chi connectivity index (χ4n) is 2.50. The molecule has 0 aromatic heterocycles. The zero-order chi connectivity index (χ0) is 20.3. The van der Waals surface area contributed by atoms with Crippen LogP contribution in [0.25, 0.3) is 0 Å². The van der Waals surface area contributed by atoms with Crippen LogP contribution in [0.5, 0.6) is 0 Å². The summed E-state index contributed by atoms with van der Waals surface area (Å²) in [6, 6.07) is 6.59. The Balaban J connectivity index is 1.58. The predicted molar refractivity (Wildman–Crippen MR) is 109 cm³/mol. The molecule has 0 aliphatic carbocycles. The fourth-order valence-corrected chi connectivity index (χ4v) is 4.15. The number of nitrogens with zero attached hydrogens (tertiary/aromatic N) is 2. The topological polar surface area (TPSA) is 169 Å². The van der Waals surface area contributed by atoms with Crippen molar-refractivity contribution in [2.24, 2.45) is 21.5 Å². The van der Waals surface area contributed by atoms with Crippen molar-refractivity contribution in [3.8, 4) is 0 Å². The van der Waals surface area contributed by atoms with Gasteiger partial charge in [-0.2, -0.15) is 9.98 Å². The van der Waals surface area contributed by atoms with E-state index in [2.05, 4.69) is 20.6 Å². The van der Waals surface area contributed by atoms with Crippen LogP contribution in [-0.2, 0) is 19.2 Å². The first-order valence-corrected chi connectivity index (χ1v) is 9.86. The number of amidine groups is 2. The summed E-state index contributed by atoms with van der Waals surface area (Å²) in [5.41, 5.74) is 11.7. The second kappa shape index (κ2) is 8.44. The smallest absolute Gasteiger partial charge is 0.262 e. The third-order valence-electron chi connectivity index (χ3n) is 3.73. The Hall–Kier alpha value is -2.86. The number of amides is 4. The molecule has 28 heavy (non-hydrogen) atoms. The number of anilines is 2. The van der Waals surface area contributed by atoms with Gasteiger partial charge in [0.1, 0.15) is 10.5 Å². The molecule has 4 amide bonds. The van der Waals surface area contributed by atoms with Gasteiger partial charge in [0.25, 0.3) is 11.8 Å². The molecule has 2 heterocycles. The zero-order valence-electron chi connectivity index (χ0n) is 14.4. The van der Waals surface area contributed by atoms with Crippen LogP contribution >= 0.6 is 23.5 Å². The number of para-hydroxylation sites is 2. The molecule has 0 saturated carbocycles. The van der Waals surface area contributed by atoms with Gasteiger partial charge in [-0.15, -0.1) is 0 Å². The first-order chi connectivity index (χ1) is 13.3. The average molecular weight is 420 g/mol. The maximum Gasteiger partial charge on any atom is 0.262 e. The van der Waals surface area contributed by atoms with E-state index < -0.39 is 34.1 Å². The number of nitrogens with two attached hydrogens (primary N) is 2. The van der Waals surface area contributed by atoms with Crippen LogP contribution < -0.4 is 22.1 Å². The third kappa shape index (κ3) is 4.89. The van der Waals surface area contributed by atoms with E-state index in [9.17, 15) is 19.2 Å². The largest absolute Gasteiger partial charge is 0.378 e. The van der Waals surface area contributed by atoms with Crippen molar-refractivity contribution in [3.05, 3.63) is 24.3 Å². The van der Waals surface area contributed by atoms with Gasteiger partial charge in [0.15, 0.2) is 10.3 Å². The van der Waals surface area contributed by atoms with Gasteiger partial charge in [0.05, 0.1) is 11.4 Å². The molecule has 2 aliphatic rings. The van der Waals surface area contributed by atoms with Crippen molar-refractivity contribution in [2.45, 2.75) is 23.3 Å². The lowest BCUT2D eigenvalue weighted by Crippen LogP contribution is -2.24. The molecule has 12 heteroatoms. The lowest BCUT2D eigenvalue weighted by Gasteiger charge is -2.14. The maximum absolute atomic E-state index is 12.3. The summed E-state index contributed by atoms with van der Waals surface area (Å²) in [4.78, 5) is 54.9. The minimum atomic E-state index is -0.655. The number of carbonyl (C=O) groups is 4. The fraction of sp³-hybridized carbons (Fsp3) is 0.250. The lowest BCUT2D eigenvalue weighted by atomic mass is 10.2. The molecule has 3 rings (SSSR count). The van der Waals surface area contributed by atoms with Crippen molar-refractivity contribution in [3.63, 3.8) is 0 Å². The quantitative estimate of drug-likeness (QED) is 0.508. The molecule has 0 bridgehead atoms. The van der Waals surface area contributed by atoms with E-state index in [0.29, 0.717) is 11.4 Å². The number of nitrogens with one attached hydrogen (secondary N) is 2. The summed E-state index contributed by atoms with van der Waals surface area (Å²) in [5.74, 6) is -1.72. The molecule has 0 spiro atoms. The van der Waals surface area contributed by atoms with E-state index in [4.69, 9.17) is 11.5 Å². The van der Waals surface area contributed by atoms with Gasteiger partial charge in [-0.25, -0.2) is 0 Å². The van der Waals surface area contributed by atoms with Crippen LogP contribution in [0.15, 0.2) is 34.3 Å². The van der Waals surface area contributed by atoms with Crippen LogP contribution in [0.1, 0.15) is 12.8 Å².